The number of esters is 1. The van der Waals surface area contributed by atoms with Crippen molar-refractivity contribution < 1.29 is 18.3 Å². The van der Waals surface area contributed by atoms with Crippen molar-refractivity contribution in [1.29, 1.82) is 0 Å². The Hall–Kier alpha value is -0.858. The van der Waals surface area contributed by atoms with E-state index in [1.807, 2.05) is 30.3 Å². The molecular weight excluding hydrogens is 447 g/mol. The number of halogens is 2. The molecule has 0 bridgehead atoms. The van der Waals surface area contributed by atoms with Crippen molar-refractivity contribution in [3.8, 4) is 0 Å². The molecule has 0 fully saturated rings. The van der Waals surface area contributed by atoms with Crippen LogP contribution in [-0.4, -0.2) is 54.1 Å². The van der Waals surface area contributed by atoms with E-state index in [1.54, 1.807) is 6.92 Å². The number of carbonyl (C=O) groups excluding carboxylic acids is 1. The molecule has 1 rings (SSSR count). The number of ether oxygens (including phenoxy) is 1. The van der Waals surface area contributed by atoms with Gasteiger partial charge in [-0.2, -0.15) is 0 Å². The van der Waals surface area contributed by atoms with E-state index < -0.39 is 24.9 Å². The topological polar surface area (TPSA) is 38.7 Å². The van der Waals surface area contributed by atoms with Crippen LogP contribution in [0.4, 0.5) is 8.78 Å². The van der Waals surface area contributed by atoms with E-state index in [1.165, 1.54) is 0 Å². The van der Waals surface area contributed by atoms with Gasteiger partial charge in [0, 0.05) is 0 Å². The van der Waals surface area contributed by atoms with Crippen LogP contribution in [0.3, 0.4) is 0 Å². The fourth-order valence-electron chi connectivity index (χ4n) is 1.44. The fourth-order valence-corrected chi connectivity index (χ4v) is 2.69. The average Bonchev–Trinajstić information content (AvgIpc) is 2.38. The van der Waals surface area contributed by atoms with Crippen LogP contribution in [0.5, 0.6) is 0 Å². The van der Waals surface area contributed by atoms with Crippen molar-refractivity contribution in [3.63, 3.8) is 0 Å². The molecule has 6 heteroatoms. The maximum atomic E-state index is 12.5. The predicted octanol–water partition coefficient (Wildman–Crippen LogP) is 2.19. The number of hydrogen-bond donors (Lipinski definition) is 0. The Morgan fingerprint density at radius 2 is 2.00 bits per heavy atom. The summed E-state index contributed by atoms with van der Waals surface area (Å²) in [4.78, 5) is 15.7. The van der Waals surface area contributed by atoms with Gasteiger partial charge >= 0.3 is 127 Å². The monoisotopic (exact) mass is 462 g/mol. The molecule has 3 radical (unpaired) electrons. The maximum absolute atomic E-state index is 12.5. The molecule has 1 unspecified atom stereocenters. The van der Waals surface area contributed by atoms with Gasteiger partial charge in [-0.15, -0.1) is 0 Å². The summed E-state index contributed by atoms with van der Waals surface area (Å²) in [6.07, 6.45) is -3.18. The van der Waals surface area contributed by atoms with Gasteiger partial charge in [0.25, 0.3) is 0 Å². The standard InChI is InChI=1S/C13H14F2NO2.Pb/c1-2-18-13(17)11(8-12(14)15)16-9-10-6-4-3-5-7-10;/h3-7,11-12H,2,8H2,1H3;. The molecule has 0 N–H and O–H groups in total. The Labute approximate surface area is 126 Å². The summed E-state index contributed by atoms with van der Waals surface area (Å²) in [6.45, 7) is 1.80. The van der Waals surface area contributed by atoms with Gasteiger partial charge < -0.3 is 0 Å². The first-order chi connectivity index (χ1) is 9.04. The van der Waals surface area contributed by atoms with E-state index in [-0.39, 0.29) is 6.61 Å². The summed E-state index contributed by atoms with van der Waals surface area (Å²) in [6, 6.07) is 8.12. The van der Waals surface area contributed by atoms with Gasteiger partial charge in [-0.3, -0.25) is 0 Å². The van der Waals surface area contributed by atoms with Gasteiger partial charge in [0.2, 0.25) is 0 Å². The van der Waals surface area contributed by atoms with Crippen molar-refractivity contribution in [2.75, 3.05) is 6.61 Å². The minimum absolute atomic E-state index is 0.163. The number of aliphatic imine (C=N–C) groups is 1. The molecule has 1 aromatic carbocycles. The van der Waals surface area contributed by atoms with E-state index in [0.29, 0.717) is 29.0 Å². The van der Waals surface area contributed by atoms with Crippen LogP contribution in [0, 0.1) is 0 Å². The molecule has 0 saturated heterocycles. The quantitative estimate of drug-likeness (QED) is 0.370. The van der Waals surface area contributed by atoms with Crippen molar-refractivity contribution >= 4 is 35.0 Å². The van der Waals surface area contributed by atoms with Gasteiger partial charge in [-0.1, -0.05) is 0 Å². The molecule has 0 spiro atoms. The molecule has 0 heterocycles. The Morgan fingerprint density at radius 3 is 2.53 bits per heavy atom. The molecular formula is C13H14F2NO2Pb. The molecule has 101 valence electrons. The van der Waals surface area contributed by atoms with E-state index in [2.05, 4.69) is 4.99 Å². The third-order valence-electron chi connectivity index (χ3n) is 2.29. The third-order valence-corrected chi connectivity index (χ3v) is 3.92. The Balaban J connectivity index is 2.89. The molecule has 0 aliphatic heterocycles. The zero-order valence-electron chi connectivity index (χ0n) is 10.5. The summed E-state index contributed by atoms with van der Waals surface area (Å²) in [5, 5.41) is 0. The summed E-state index contributed by atoms with van der Waals surface area (Å²) in [5.74, 6) is -0.688. The van der Waals surface area contributed by atoms with E-state index >= 15 is 0 Å². The van der Waals surface area contributed by atoms with Crippen LogP contribution in [0.25, 0.3) is 0 Å². The molecule has 0 saturated carbocycles. The second-order valence-electron chi connectivity index (χ2n) is 3.74. The number of hydrogen-bond acceptors (Lipinski definition) is 3. The van der Waals surface area contributed by atoms with Gasteiger partial charge in [-0.05, 0) is 0 Å². The molecule has 0 amide bonds. The molecule has 3 nitrogen and oxygen atoms in total. The van der Waals surface area contributed by atoms with Crippen LogP contribution in [0.15, 0.2) is 35.3 Å². The van der Waals surface area contributed by atoms with Crippen molar-refractivity contribution in [3.05, 3.63) is 35.9 Å². The minimum atomic E-state index is -2.58. The van der Waals surface area contributed by atoms with Crippen LogP contribution in [0.2, 0.25) is 0 Å². The van der Waals surface area contributed by atoms with E-state index in [0.717, 1.165) is 5.56 Å². The van der Waals surface area contributed by atoms with Crippen LogP contribution in [-0.2, 0) is 9.53 Å². The van der Waals surface area contributed by atoms with Gasteiger partial charge in [-0.25, -0.2) is 0 Å². The first-order valence-corrected chi connectivity index (χ1v) is 7.78. The number of rotatable bonds is 6. The first-order valence-electron chi connectivity index (χ1n) is 5.84. The van der Waals surface area contributed by atoms with Crippen molar-refractivity contribution in [2.24, 2.45) is 4.99 Å². The zero-order chi connectivity index (χ0) is 14.3. The van der Waals surface area contributed by atoms with Gasteiger partial charge in [0.1, 0.15) is 0 Å². The van der Waals surface area contributed by atoms with Gasteiger partial charge in [0.15, 0.2) is 0 Å². The molecule has 1 atom stereocenters. The Bertz CT molecular complexity index is 438. The second kappa shape index (κ2) is 8.34. The Kier molecular flexibility index (Phi) is 7.11. The van der Waals surface area contributed by atoms with Crippen molar-refractivity contribution in [2.45, 2.75) is 25.8 Å². The third kappa shape index (κ3) is 5.75. The van der Waals surface area contributed by atoms with Crippen LogP contribution < -0.4 is 0 Å². The summed E-state index contributed by atoms with van der Waals surface area (Å²) in [7, 11) is 0. The molecule has 0 aromatic heterocycles. The number of benzene rings is 1. The van der Waals surface area contributed by atoms with E-state index in [4.69, 9.17) is 4.74 Å². The SMILES string of the molecule is CCOC(=O)C(CC(F)F)N=[C]([Pb])c1ccccc1. The fraction of sp³-hybridized carbons (Fsp3) is 0.385. The summed E-state index contributed by atoms with van der Waals surface area (Å²) in [5.41, 5.74) is 0.859. The van der Waals surface area contributed by atoms with Crippen LogP contribution >= 0.6 is 0 Å². The van der Waals surface area contributed by atoms with Crippen LogP contribution in [0.1, 0.15) is 18.9 Å². The van der Waals surface area contributed by atoms with Gasteiger partial charge in [0.05, 0.1) is 0 Å². The summed E-state index contributed by atoms with van der Waals surface area (Å²) >= 11 is 0.572. The molecule has 0 aliphatic rings. The molecule has 19 heavy (non-hydrogen) atoms. The molecule has 0 aliphatic carbocycles. The number of nitrogens with zero attached hydrogens (tertiary/aromatic N) is 1. The normalized spacial score (nSPS) is 13.4. The van der Waals surface area contributed by atoms with Crippen molar-refractivity contribution in [1.82, 2.24) is 0 Å². The second-order valence-corrected chi connectivity index (χ2v) is 5.58. The zero-order valence-corrected chi connectivity index (χ0v) is 14.4. The average molecular weight is 461 g/mol. The van der Waals surface area contributed by atoms with E-state index in [9.17, 15) is 13.6 Å². The number of carbonyl (C=O) groups is 1. The number of alkyl halides is 2. The Morgan fingerprint density at radius 1 is 1.37 bits per heavy atom. The first kappa shape index (κ1) is 16.2. The summed E-state index contributed by atoms with van der Waals surface area (Å²) < 4.78 is 30.4. The predicted molar refractivity (Wildman–Crippen MR) is 69.8 cm³/mol. The molecule has 1 aromatic rings.